The fourth-order valence-electron chi connectivity index (χ4n) is 3.47. The molecule has 2 aromatic rings. The number of aliphatic hydroxyl groups is 2. The van der Waals surface area contributed by atoms with Gasteiger partial charge in [0.25, 0.3) is 5.56 Å². The van der Waals surface area contributed by atoms with E-state index in [-0.39, 0.29) is 48.6 Å². The van der Waals surface area contributed by atoms with Crippen LogP contribution in [-0.2, 0) is 23.1 Å². The maximum atomic E-state index is 12.6. The second kappa shape index (κ2) is 10.9. The number of fused-ring (bicyclic) bond motifs is 1. The van der Waals surface area contributed by atoms with Gasteiger partial charge in [-0.2, -0.15) is 4.98 Å². The van der Waals surface area contributed by atoms with Crippen LogP contribution in [0.15, 0.2) is 23.0 Å². The number of H-pyrrole nitrogens is 1. The number of anilines is 1. The fraction of sp³-hybridized carbons (Fsp3) is 0.600. The van der Waals surface area contributed by atoms with Crippen molar-refractivity contribution in [3.8, 4) is 0 Å². The number of hydrogen-bond acceptors (Lipinski definition) is 10. The van der Waals surface area contributed by atoms with Crippen molar-refractivity contribution in [1.29, 1.82) is 0 Å². The Morgan fingerprint density at radius 2 is 2.00 bits per heavy atom. The van der Waals surface area contributed by atoms with Gasteiger partial charge in [-0.1, -0.05) is 13.8 Å². The van der Waals surface area contributed by atoms with Crippen molar-refractivity contribution in [2.24, 2.45) is 5.92 Å². The maximum Gasteiger partial charge on any atom is 0.353 e. The molecule has 2 aromatic heterocycles. The number of amides is 1. The zero-order valence-corrected chi connectivity index (χ0v) is 20.3. The number of aromatic nitrogens is 4. The highest BCUT2D eigenvalue weighted by molar-refractivity contribution is 7.57. The van der Waals surface area contributed by atoms with Gasteiger partial charge < -0.3 is 24.0 Å². The molecule has 1 saturated heterocycles. The van der Waals surface area contributed by atoms with E-state index in [1.54, 1.807) is 13.8 Å². The molecule has 34 heavy (non-hydrogen) atoms. The molecule has 0 bridgehead atoms. The number of aliphatic hydroxyl groups excluding tert-OH is 2. The van der Waals surface area contributed by atoms with Crippen LogP contribution >= 0.6 is 7.60 Å². The Hall–Kier alpha value is -2.41. The Balaban J connectivity index is 1.88. The Morgan fingerprint density at radius 1 is 1.32 bits per heavy atom. The number of carbonyl (C=O) groups excluding carboxylic acids is 1. The number of aromatic amines is 1. The average Bonchev–Trinajstić information content (AvgIpc) is 3.28. The van der Waals surface area contributed by atoms with E-state index in [1.165, 1.54) is 22.8 Å². The molecule has 0 spiro atoms. The molecule has 1 fully saturated rings. The molecule has 0 aromatic carbocycles. The predicted octanol–water partition coefficient (Wildman–Crippen LogP) is 1.50. The number of nitrogens with one attached hydrogen (secondary N) is 2. The number of ether oxygens (including phenoxy) is 1. The van der Waals surface area contributed by atoms with E-state index in [2.05, 4.69) is 20.3 Å². The summed E-state index contributed by atoms with van der Waals surface area (Å²) < 4.78 is 30.1. The van der Waals surface area contributed by atoms with Crippen molar-refractivity contribution in [2.75, 3.05) is 18.5 Å². The number of hydrogen-bond donors (Lipinski definition) is 4. The predicted molar refractivity (Wildman–Crippen MR) is 122 cm³/mol. The smallest absolute Gasteiger partial charge is 0.353 e. The summed E-state index contributed by atoms with van der Waals surface area (Å²) in [7, 11) is -3.54. The largest absolute Gasteiger partial charge is 0.387 e. The van der Waals surface area contributed by atoms with Crippen molar-refractivity contribution in [1.82, 2.24) is 19.5 Å². The molecular weight excluding hydrogens is 469 g/mol. The van der Waals surface area contributed by atoms with Gasteiger partial charge in [-0.25, -0.2) is 4.98 Å². The Kier molecular flexibility index (Phi) is 8.39. The molecule has 0 aliphatic carbocycles. The molecule has 1 amide bonds. The summed E-state index contributed by atoms with van der Waals surface area (Å²) in [6, 6.07) is 0. The first-order valence-electron chi connectivity index (χ1n) is 10.9. The summed E-state index contributed by atoms with van der Waals surface area (Å²) in [4.78, 5) is 35.2. The lowest BCUT2D eigenvalue weighted by atomic mass is 10.1. The first-order chi connectivity index (χ1) is 16.1. The van der Waals surface area contributed by atoms with Gasteiger partial charge in [-0.15, -0.1) is 0 Å². The molecule has 0 unspecified atom stereocenters. The molecule has 3 rings (SSSR count). The van der Waals surface area contributed by atoms with E-state index >= 15 is 0 Å². The summed E-state index contributed by atoms with van der Waals surface area (Å²) in [5, 5.41) is 23.6. The number of rotatable bonds is 10. The van der Waals surface area contributed by atoms with Crippen molar-refractivity contribution in [3.63, 3.8) is 0 Å². The van der Waals surface area contributed by atoms with Gasteiger partial charge in [0.2, 0.25) is 11.9 Å². The maximum absolute atomic E-state index is 12.6. The van der Waals surface area contributed by atoms with E-state index < -0.39 is 37.7 Å². The van der Waals surface area contributed by atoms with Crippen LogP contribution in [0.1, 0.15) is 40.3 Å². The highest BCUT2D eigenvalue weighted by atomic mass is 31.2. The Morgan fingerprint density at radius 3 is 2.62 bits per heavy atom. The van der Waals surface area contributed by atoms with Crippen LogP contribution in [0.3, 0.4) is 0 Å². The minimum atomic E-state index is -3.54. The van der Waals surface area contributed by atoms with Crippen molar-refractivity contribution < 1.29 is 33.4 Å². The zero-order chi connectivity index (χ0) is 25.0. The summed E-state index contributed by atoms with van der Waals surface area (Å²) in [6.07, 6.45) is -2.26. The lowest BCUT2D eigenvalue weighted by Gasteiger charge is -2.16. The quantitative estimate of drug-likeness (QED) is 0.350. The van der Waals surface area contributed by atoms with E-state index in [4.69, 9.17) is 13.8 Å². The minimum absolute atomic E-state index is 0.0386. The lowest BCUT2D eigenvalue weighted by molar-refractivity contribution is -0.116. The highest BCUT2D eigenvalue weighted by Crippen LogP contribution is 2.50. The lowest BCUT2D eigenvalue weighted by Crippen LogP contribution is -2.30. The van der Waals surface area contributed by atoms with Gasteiger partial charge in [0.15, 0.2) is 17.4 Å². The molecule has 0 saturated carbocycles. The van der Waals surface area contributed by atoms with Crippen molar-refractivity contribution >= 4 is 30.6 Å². The first kappa shape index (κ1) is 26.2. The van der Waals surface area contributed by atoms with Crippen LogP contribution in [0.5, 0.6) is 0 Å². The van der Waals surface area contributed by atoms with Crippen LogP contribution in [-0.4, -0.2) is 67.2 Å². The molecule has 4 atom stereocenters. The van der Waals surface area contributed by atoms with Crippen LogP contribution in [0.2, 0.25) is 0 Å². The molecule has 188 valence electrons. The summed E-state index contributed by atoms with van der Waals surface area (Å²) in [5.41, 5.74) is -0.593. The average molecular weight is 499 g/mol. The third-order valence-electron chi connectivity index (χ3n) is 4.91. The van der Waals surface area contributed by atoms with Crippen molar-refractivity contribution in [3.05, 3.63) is 28.6 Å². The van der Waals surface area contributed by atoms with Crippen LogP contribution in [0, 0.1) is 5.92 Å². The third kappa shape index (κ3) is 5.80. The standard InChI is InChI=1S/C20H30N5O8P/c1-5-31-34(30,32-6-2)8-7-12-15(27)16(28)19(33-12)25-10-21-14-17(25)23-20(24-18(14)29)22-13(26)9-11(3)4/h7-8,10-12,15-16,19,27-28H,5-6,9H2,1-4H3,(H2,22,23,24,26,29)/b8-7+/t12-,15-,16-,19-/m1/s1. The molecule has 1 aliphatic rings. The summed E-state index contributed by atoms with van der Waals surface area (Å²) >= 11 is 0. The Labute approximate surface area is 195 Å². The first-order valence-corrected chi connectivity index (χ1v) is 12.6. The second-order valence-corrected chi connectivity index (χ2v) is 9.97. The molecule has 1 aliphatic heterocycles. The number of carbonyl (C=O) groups is 1. The van der Waals surface area contributed by atoms with E-state index in [0.29, 0.717) is 0 Å². The third-order valence-corrected chi connectivity index (χ3v) is 6.68. The monoisotopic (exact) mass is 499 g/mol. The molecule has 14 heteroatoms. The van der Waals surface area contributed by atoms with Crippen LogP contribution < -0.4 is 10.9 Å². The molecule has 13 nitrogen and oxygen atoms in total. The van der Waals surface area contributed by atoms with Gasteiger partial charge >= 0.3 is 7.60 Å². The van der Waals surface area contributed by atoms with Gasteiger partial charge in [0.05, 0.1) is 19.5 Å². The number of nitrogens with zero attached hydrogens (tertiary/aromatic N) is 3. The van der Waals surface area contributed by atoms with Gasteiger partial charge in [-0.05, 0) is 25.8 Å². The van der Waals surface area contributed by atoms with E-state index in [1.807, 2.05) is 13.8 Å². The van der Waals surface area contributed by atoms with Crippen molar-refractivity contribution in [2.45, 2.75) is 58.7 Å². The SMILES string of the molecule is CCOP(=O)(/C=C/[C@H]1O[C@@H](n2cnc3c(=O)[nH]c(NC(=O)CC(C)C)nc32)[C@H](O)[C@@H]1O)OCC. The fourth-order valence-corrected chi connectivity index (χ4v) is 4.82. The number of imidazole rings is 1. The summed E-state index contributed by atoms with van der Waals surface area (Å²) in [6.45, 7) is 7.39. The molecule has 4 N–H and O–H groups in total. The second-order valence-electron chi connectivity index (χ2n) is 8.07. The van der Waals surface area contributed by atoms with Crippen LogP contribution in [0.4, 0.5) is 5.95 Å². The molecule has 0 radical (unpaired) electrons. The van der Waals surface area contributed by atoms with Gasteiger partial charge in [-0.3, -0.25) is 29.0 Å². The van der Waals surface area contributed by atoms with Crippen LogP contribution in [0.25, 0.3) is 11.2 Å². The highest BCUT2D eigenvalue weighted by Gasteiger charge is 2.43. The van der Waals surface area contributed by atoms with Gasteiger partial charge in [0.1, 0.15) is 18.3 Å². The molecular formula is C20H30N5O8P. The van der Waals surface area contributed by atoms with Gasteiger partial charge in [0, 0.05) is 12.2 Å². The molecule has 3 heterocycles. The normalized spacial score (nSPS) is 23.4. The van der Waals surface area contributed by atoms with E-state index in [9.17, 15) is 24.4 Å². The summed E-state index contributed by atoms with van der Waals surface area (Å²) in [5.74, 6) is 0.883. The van der Waals surface area contributed by atoms with E-state index in [0.717, 1.165) is 0 Å². The minimum Gasteiger partial charge on any atom is -0.387 e. The Bertz CT molecular complexity index is 1140. The topological polar surface area (TPSA) is 178 Å². The zero-order valence-electron chi connectivity index (χ0n) is 19.4.